The first-order valence-electron chi connectivity index (χ1n) is 11.1. The van der Waals surface area contributed by atoms with Gasteiger partial charge in [0.25, 0.3) is 10.9 Å². The molecule has 16 heteroatoms. The molecule has 0 bridgehead atoms. The number of nitrogens with one attached hydrogen (secondary N) is 2. The van der Waals surface area contributed by atoms with Crippen LogP contribution < -0.4 is 52.2 Å². The van der Waals surface area contributed by atoms with Gasteiger partial charge in [-0.3, -0.25) is 20.4 Å². The van der Waals surface area contributed by atoms with Gasteiger partial charge in [-0.15, -0.1) is 0 Å². The minimum absolute atomic E-state index is 0.0715. The lowest BCUT2D eigenvalue weighted by Gasteiger charge is -2.10. The van der Waals surface area contributed by atoms with Crippen LogP contribution >= 0.6 is 0 Å². The highest BCUT2D eigenvalue weighted by molar-refractivity contribution is 7.89. The zero-order valence-corrected chi connectivity index (χ0v) is 22.5. The van der Waals surface area contributed by atoms with Crippen LogP contribution in [0.4, 0.5) is 11.4 Å². The number of nitrogens with two attached hydrogens (primary N) is 2. The number of rotatable bonds is 8. The monoisotopic (exact) mass is 586 g/mol. The van der Waals surface area contributed by atoms with E-state index in [2.05, 4.69) is 21.1 Å². The topological polar surface area (TPSA) is 222 Å². The minimum Gasteiger partial charge on any atom is -0.495 e. The summed E-state index contributed by atoms with van der Waals surface area (Å²) in [6.07, 6.45) is 0. The number of benzene rings is 4. The predicted molar refractivity (Wildman–Crippen MR) is 146 cm³/mol. The van der Waals surface area contributed by atoms with Gasteiger partial charge < -0.3 is 9.47 Å². The second-order valence-corrected chi connectivity index (χ2v) is 11.3. The van der Waals surface area contributed by atoms with Crippen molar-refractivity contribution in [3.05, 3.63) is 91.8 Å². The van der Waals surface area contributed by atoms with E-state index in [1.807, 2.05) is 0 Å². The molecule has 4 rings (SSSR count). The molecule has 208 valence electrons. The first kappa shape index (κ1) is 28.4. The normalized spacial score (nSPS) is 12.9. The van der Waals surface area contributed by atoms with Crippen LogP contribution in [0.3, 0.4) is 0 Å². The smallest absolute Gasteiger partial charge is 0.256 e. The minimum atomic E-state index is -4.05. The lowest BCUT2D eigenvalue weighted by atomic mass is 10.1. The van der Waals surface area contributed by atoms with Crippen molar-refractivity contribution in [1.29, 1.82) is 0 Å². The zero-order chi connectivity index (χ0) is 29.2. The van der Waals surface area contributed by atoms with Crippen LogP contribution in [0.2, 0.25) is 0 Å². The molecule has 14 nitrogen and oxygen atoms in total. The molecule has 0 heterocycles. The van der Waals surface area contributed by atoms with Gasteiger partial charge in [-0.2, -0.15) is 10.2 Å². The fourth-order valence-corrected chi connectivity index (χ4v) is 4.79. The molecule has 0 aliphatic heterocycles. The van der Waals surface area contributed by atoms with E-state index in [-0.39, 0.29) is 54.2 Å². The highest BCUT2D eigenvalue weighted by Crippen LogP contribution is 2.28. The van der Waals surface area contributed by atoms with Crippen molar-refractivity contribution in [1.82, 2.24) is 0 Å². The second-order valence-electron chi connectivity index (χ2n) is 8.16. The third-order valence-corrected chi connectivity index (χ3v) is 7.47. The largest absolute Gasteiger partial charge is 0.495 e. The highest BCUT2D eigenvalue weighted by Gasteiger charge is 2.15. The van der Waals surface area contributed by atoms with Crippen molar-refractivity contribution in [3.63, 3.8) is 0 Å². The van der Waals surface area contributed by atoms with E-state index >= 15 is 0 Å². The third-order valence-electron chi connectivity index (χ3n) is 5.65. The number of primary sulfonamides is 2. The average molecular weight is 587 g/mol. The summed E-state index contributed by atoms with van der Waals surface area (Å²) in [5.74, 6) is 0.392. The van der Waals surface area contributed by atoms with Crippen LogP contribution in [0.15, 0.2) is 90.2 Å². The van der Waals surface area contributed by atoms with Crippen LogP contribution in [-0.4, -0.2) is 31.1 Å². The van der Waals surface area contributed by atoms with Crippen molar-refractivity contribution < 1.29 is 26.3 Å². The molecule has 0 saturated heterocycles. The van der Waals surface area contributed by atoms with Gasteiger partial charge in [-0.05, 0) is 36.4 Å². The van der Waals surface area contributed by atoms with Gasteiger partial charge in [-0.25, -0.2) is 27.1 Å². The van der Waals surface area contributed by atoms with Crippen molar-refractivity contribution in [3.8, 4) is 11.5 Å². The summed E-state index contributed by atoms with van der Waals surface area (Å²) in [6.45, 7) is 0. The second kappa shape index (κ2) is 10.9. The summed E-state index contributed by atoms with van der Waals surface area (Å²) in [5.41, 5.74) is 3.26. The Kier molecular flexibility index (Phi) is 7.70. The molecule has 0 radical (unpaired) electrons. The molecule has 40 heavy (non-hydrogen) atoms. The maximum atomic E-state index is 13.1. The number of sulfonamides is 2. The van der Waals surface area contributed by atoms with Crippen LogP contribution in [0.5, 0.6) is 11.5 Å². The Morgan fingerprint density at radius 1 is 0.650 bits per heavy atom. The van der Waals surface area contributed by atoms with E-state index < -0.39 is 30.9 Å². The Morgan fingerprint density at radius 3 is 1.35 bits per heavy atom. The van der Waals surface area contributed by atoms with E-state index in [0.29, 0.717) is 0 Å². The standard InChI is InChI=1S/C24H22N6O8S2/c1-37-19-9-7-13(39(25,33)34)11-17(19)27-29-21-15-5-3-4-6-16(15)22(24(32)23(21)31)30-28-18-12-14(40(26,35)36)8-10-20(18)38-2/h3-12,27-28H,1-2H3,(H2,25,33,34)(H2,26,35,36)/b29-21-,30-22-. The van der Waals surface area contributed by atoms with Crippen LogP contribution in [0, 0.1) is 0 Å². The molecule has 6 N–H and O–H groups in total. The number of anilines is 2. The molecule has 0 atom stereocenters. The van der Waals surface area contributed by atoms with Crippen LogP contribution in [0.25, 0.3) is 10.8 Å². The molecule has 0 fully saturated rings. The summed E-state index contributed by atoms with van der Waals surface area (Å²) in [5, 5.41) is 18.5. The van der Waals surface area contributed by atoms with Gasteiger partial charge >= 0.3 is 0 Å². The molecule has 4 aromatic carbocycles. The quantitative estimate of drug-likeness (QED) is 0.154. The maximum Gasteiger partial charge on any atom is 0.256 e. The average Bonchev–Trinajstić information content (AvgIpc) is 2.91. The Morgan fingerprint density at radius 2 is 1.02 bits per heavy atom. The van der Waals surface area contributed by atoms with Crippen molar-refractivity contribution in [2.75, 3.05) is 25.1 Å². The van der Waals surface area contributed by atoms with Crippen molar-refractivity contribution >= 4 is 42.2 Å². The summed E-state index contributed by atoms with van der Waals surface area (Å²) < 4.78 is 57.5. The van der Waals surface area contributed by atoms with E-state index in [1.54, 1.807) is 12.1 Å². The first-order chi connectivity index (χ1) is 18.8. The molecule has 0 spiro atoms. The number of fused-ring (bicyclic) bond motifs is 1. The molecule has 0 aromatic heterocycles. The number of hydrogen-bond acceptors (Lipinski definition) is 12. The lowest BCUT2D eigenvalue weighted by molar-refractivity contribution is 0.416. The maximum absolute atomic E-state index is 13.1. The lowest BCUT2D eigenvalue weighted by Crippen LogP contribution is -2.48. The summed E-state index contributed by atoms with van der Waals surface area (Å²) >= 11 is 0. The van der Waals surface area contributed by atoms with E-state index in [1.165, 1.54) is 62.8 Å². The number of hydrogen-bond donors (Lipinski definition) is 4. The van der Waals surface area contributed by atoms with E-state index in [9.17, 15) is 26.4 Å². The molecule has 0 aliphatic carbocycles. The van der Waals surface area contributed by atoms with Crippen molar-refractivity contribution in [2.45, 2.75) is 9.79 Å². The van der Waals surface area contributed by atoms with Gasteiger partial charge in [0.15, 0.2) is 0 Å². The van der Waals surface area contributed by atoms with Gasteiger partial charge in [-0.1, -0.05) is 24.3 Å². The Bertz CT molecular complexity index is 1940. The SMILES string of the molecule is COc1ccc(S(N)(=O)=O)cc1N/N=c1\c(=O)c(=O)/c(=N\Nc2cc(S(N)(=O)=O)ccc2OC)c2ccccc12. The Balaban J connectivity index is 1.89. The van der Waals surface area contributed by atoms with Crippen LogP contribution in [-0.2, 0) is 20.0 Å². The molecular weight excluding hydrogens is 564 g/mol. The Hall–Kier alpha value is -4.64. The molecule has 0 saturated carbocycles. The third kappa shape index (κ3) is 5.69. The molecule has 0 amide bonds. The summed E-state index contributed by atoms with van der Waals surface area (Å²) in [4.78, 5) is 25.8. The molecular formula is C24H22N6O8S2. The van der Waals surface area contributed by atoms with Gasteiger partial charge in [0, 0.05) is 10.8 Å². The number of methoxy groups -OCH3 is 2. The van der Waals surface area contributed by atoms with Gasteiger partial charge in [0.1, 0.15) is 22.2 Å². The summed E-state index contributed by atoms with van der Waals surface area (Å²) in [7, 11) is -5.41. The van der Waals surface area contributed by atoms with Gasteiger partial charge in [0.05, 0.1) is 35.4 Å². The number of ether oxygens (including phenoxy) is 2. The number of nitrogens with zero attached hydrogens (tertiary/aromatic N) is 2. The highest BCUT2D eigenvalue weighted by atomic mass is 32.2. The van der Waals surface area contributed by atoms with E-state index in [4.69, 9.17) is 19.8 Å². The van der Waals surface area contributed by atoms with Gasteiger partial charge in [0.2, 0.25) is 20.0 Å². The molecule has 4 aromatic rings. The van der Waals surface area contributed by atoms with Crippen LogP contribution in [0.1, 0.15) is 0 Å². The summed E-state index contributed by atoms with van der Waals surface area (Å²) in [6, 6.07) is 13.8. The first-order valence-corrected chi connectivity index (χ1v) is 14.2. The predicted octanol–water partition coefficient (Wildman–Crippen LogP) is -0.397. The zero-order valence-electron chi connectivity index (χ0n) is 20.9. The molecule has 0 unspecified atom stereocenters. The fourth-order valence-electron chi connectivity index (χ4n) is 3.71. The fraction of sp³-hybridized carbons (Fsp3) is 0.0833. The van der Waals surface area contributed by atoms with Crippen molar-refractivity contribution in [2.24, 2.45) is 20.5 Å². The molecule has 0 aliphatic rings. The van der Waals surface area contributed by atoms with E-state index in [0.717, 1.165) is 0 Å². The Labute approximate surface area is 227 Å².